The van der Waals surface area contributed by atoms with Crippen molar-refractivity contribution in [1.82, 2.24) is 5.32 Å². The van der Waals surface area contributed by atoms with Crippen molar-refractivity contribution in [3.63, 3.8) is 0 Å². The zero-order chi connectivity index (χ0) is 22.5. The molecule has 0 spiro atoms. The average molecular weight is 464 g/mol. The largest absolute Gasteiger partial charge is 0.416 e. The van der Waals surface area contributed by atoms with Crippen LogP contribution in [0.25, 0.3) is 0 Å². The first-order chi connectivity index (χ1) is 15.3. The summed E-state index contributed by atoms with van der Waals surface area (Å²) < 4.78 is 40.0. The summed E-state index contributed by atoms with van der Waals surface area (Å²) in [6.45, 7) is 2.59. The first-order valence-electron chi connectivity index (χ1n) is 11.0. The van der Waals surface area contributed by atoms with Crippen molar-refractivity contribution in [2.45, 2.75) is 31.5 Å². The summed E-state index contributed by atoms with van der Waals surface area (Å²) in [5.74, 6) is 0.0618. The first kappa shape index (κ1) is 21.4. The van der Waals surface area contributed by atoms with Crippen LogP contribution >= 0.6 is 11.6 Å². The standard InChI is InChI=1S/C24H25ClF3N3O/c25-18-2-1-3-19(12-18)30-8-9-31-21-7-6-17(24(26,27)28)10-16(21)11-20(22(31)14-30)23(32)29-13-15-4-5-15/h1-3,6-7,10,12,15,20,22H,4-5,8-9,11,13-14H2,(H,29,32). The minimum Gasteiger partial charge on any atom is -0.368 e. The number of anilines is 2. The van der Waals surface area contributed by atoms with Crippen LogP contribution in [0.4, 0.5) is 24.5 Å². The van der Waals surface area contributed by atoms with Gasteiger partial charge in [-0.05, 0) is 67.1 Å². The Kier molecular flexibility index (Phi) is 5.48. The molecule has 2 atom stereocenters. The van der Waals surface area contributed by atoms with Gasteiger partial charge in [0.2, 0.25) is 5.91 Å². The third-order valence-electron chi connectivity index (χ3n) is 6.81. The lowest BCUT2D eigenvalue weighted by atomic mass is 9.82. The van der Waals surface area contributed by atoms with Crippen LogP contribution in [0.3, 0.4) is 0 Å². The molecule has 2 aromatic rings. The van der Waals surface area contributed by atoms with Gasteiger partial charge in [-0.1, -0.05) is 17.7 Å². The van der Waals surface area contributed by atoms with Crippen LogP contribution in [0.1, 0.15) is 24.0 Å². The van der Waals surface area contributed by atoms with E-state index in [-0.39, 0.29) is 11.9 Å². The van der Waals surface area contributed by atoms with Crippen molar-refractivity contribution in [1.29, 1.82) is 0 Å². The van der Waals surface area contributed by atoms with Gasteiger partial charge in [0.1, 0.15) is 0 Å². The molecule has 0 bridgehead atoms. The van der Waals surface area contributed by atoms with Crippen LogP contribution in [0, 0.1) is 11.8 Å². The molecule has 2 fully saturated rings. The summed E-state index contributed by atoms with van der Waals surface area (Å²) in [5.41, 5.74) is 1.73. The molecule has 2 heterocycles. The van der Waals surface area contributed by atoms with Gasteiger partial charge in [0.25, 0.3) is 0 Å². The lowest BCUT2D eigenvalue weighted by Crippen LogP contribution is -2.61. The summed E-state index contributed by atoms with van der Waals surface area (Å²) in [6.07, 6.45) is -1.84. The van der Waals surface area contributed by atoms with Gasteiger partial charge in [0, 0.05) is 42.6 Å². The van der Waals surface area contributed by atoms with Crippen LogP contribution in [0.5, 0.6) is 0 Å². The molecular weight excluding hydrogens is 439 g/mol. The van der Waals surface area contributed by atoms with E-state index in [4.69, 9.17) is 11.6 Å². The highest BCUT2D eigenvalue weighted by atomic mass is 35.5. The number of amides is 1. The molecule has 0 radical (unpaired) electrons. The molecule has 0 aromatic heterocycles. The monoisotopic (exact) mass is 463 g/mol. The molecule has 4 nitrogen and oxygen atoms in total. The lowest BCUT2D eigenvalue weighted by molar-refractivity contribution is -0.137. The third kappa shape index (κ3) is 4.27. The van der Waals surface area contributed by atoms with Gasteiger partial charge in [0.15, 0.2) is 0 Å². The van der Waals surface area contributed by atoms with Crippen LogP contribution in [0.2, 0.25) is 5.02 Å². The summed E-state index contributed by atoms with van der Waals surface area (Å²) in [5, 5.41) is 3.71. The second kappa shape index (κ2) is 8.18. The number of piperazine rings is 1. The van der Waals surface area contributed by atoms with Crippen molar-refractivity contribution >= 4 is 28.9 Å². The van der Waals surface area contributed by atoms with Crippen LogP contribution in [-0.4, -0.2) is 38.1 Å². The number of carbonyl (C=O) groups excluding carboxylic acids is 1. The van der Waals surface area contributed by atoms with Crippen LogP contribution in [-0.2, 0) is 17.4 Å². The van der Waals surface area contributed by atoms with Crippen molar-refractivity contribution in [2.24, 2.45) is 11.8 Å². The van der Waals surface area contributed by atoms with Crippen LogP contribution in [0.15, 0.2) is 42.5 Å². The van der Waals surface area contributed by atoms with E-state index in [1.165, 1.54) is 6.07 Å². The summed E-state index contributed by atoms with van der Waals surface area (Å²) in [6, 6.07) is 11.4. The Labute approximate surface area is 190 Å². The molecule has 1 aliphatic carbocycles. The van der Waals surface area contributed by atoms with E-state index >= 15 is 0 Å². The fourth-order valence-electron chi connectivity index (χ4n) is 4.90. The quantitative estimate of drug-likeness (QED) is 0.710. The van der Waals surface area contributed by atoms with Crippen molar-refractivity contribution in [3.8, 4) is 0 Å². The summed E-state index contributed by atoms with van der Waals surface area (Å²) in [4.78, 5) is 17.5. The Hall–Kier alpha value is -2.41. The van der Waals surface area contributed by atoms with Gasteiger partial charge in [0.05, 0.1) is 17.5 Å². The fourth-order valence-corrected chi connectivity index (χ4v) is 5.09. The van der Waals surface area contributed by atoms with E-state index in [1.54, 1.807) is 6.07 Å². The second-order valence-electron chi connectivity index (χ2n) is 9.03. The van der Waals surface area contributed by atoms with Gasteiger partial charge in [-0.3, -0.25) is 4.79 Å². The number of nitrogens with one attached hydrogen (secondary N) is 1. The average Bonchev–Trinajstić information content (AvgIpc) is 3.60. The molecule has 32 heavy (non-hydrogen) atoms. The van der Waals surface area contributed by atoms with Crippen molar-refractivity contribution in [3.05, 3.63) is 58.6 Å². The second-order valence-corrected chi connectivity index (χ2v) is 9.46. The maximum absolute atomic E-state index is 13.3. The predicted octanol–water partition coefficient (Wildman–Crippen LogP) is 4.75. The SMILES string of the molecule is O=C(NCC1CC1)C1Cc2cc(C(F)(F)F)ccc2N2CCN(c3cccc(Cl)c3)CC12. The summed E-state index contributed by atoms with van der Waals surface area (Å²) >= 11 is 6.18. The molecule has 5 rings (SSSR count). The van der Waals surface area contributed by atoms with Gasteiger partial charge >= 0.3 is 6.18 Å². The number of carbonyl (C=O) groups is 1. The Morgan fingerprint density at radius 2 is 1.94 bits per heavy atom. The molecule has 8 heteroatoms. The van der Waals surface area contributed by atoms with E-state index in [1.807, 2.05) is 24.3 Å². The highest BCUT2D eigenvalue weighted by Gasteiger charge is 2.43. The maximum Gasteiger partial charge on any atom is 0.416 e. The molecule has 1 saturated carbocycles. The molecule has 170 valence electrons. The van der Waals surface area contributed by atoms with Gasteiger partial charge in [-0.25, -0.2) is 0 Å². The van der Waals surface area contributed by atoms with Gasteiger partial charge in [-0.2, -0.15) is 13.2 Å². The molecule has 2 aromatic carbocycles. The minimum absolute atomic E-state index is 0.0668. The zero-order valence-corrected chi connectivity index (χ0v) is 18.3. The Morgan fingerprint density at radius 3 is 2.66 bits per heavy atom. The number of hydrogen-bond donors (Lipinski definition) is 1. The normalized spacial score (nSPS) is 22.9. The van der Waals surface area contributed by atoms with Crippen molar-refractivity contribution < 1.29 is 18.0 Å². The van der Waals surface area contributed by atoms with E-state index in [2.05, 4.69) is 15.1 Å². The number of halogens is 4. The number of rotatable bonds is 4. The third-order valence-corrected chi connectivity index (χ3v) is 7.05. The summed E-state index contributed by atoms with van der Waals surface area (Å²) in [7, 11) is 0. The predicted molar refractivity (Wildman–Crippen MR) is 119 cm³/mol. The topological polar surface area (TPSA) is 35.6 Å². The number of benzene rings is 2. The highest BCUT2D eigenvalue weighted by Crippen LogP contribution is 2.40. The first-order valence-corrected chi connectivity index (χ1v) is 11.4. The Bertz CT molecular complexity index is 1020. The molecular formula is C24H25ClF3N3O. The number of fused-ring (bicyclic) bond motifs is 3. The minimum atomic E-state index is -4.40. The number of hydrogen-bond acceptors (Lipinski definition) is 3. The molecule has 2 unspecified atom stereocenters. The Morgan fingerprint density at radius 1 is 1.12 bits per heavy atom. The number of nitrogens with zero attached hydrogens (tertiary/aromatic N) is 2. The fraction of sp³-hybridized carbons (Fsp3) is 0.458. The molecule has 1 saturated heterocycles. The van der Waals surface area contributed by atoms with E-state index in [0.717, 1.165) is 30.3 Å². The molecule has 3 aliphatic rings. The zero-order valence-electron chi connectivity index (χ0n) is 17.5. The van der Waals surface area contributed by atoms with Gasteiger partial charge < -0.3 is 15.1 Å². The van der Waals surface area contributed by atoms with E-state index in [0.29, 0.717) is 49.1 Å². The molecule has 1 N–H and O–H groups in total. The lowest BCUT2D eigenvalue weighted by Gasteiger charge is -2.49. The van der Waals surface area contributed by atoms with Crippen LogP contribution < -0.4 is 15.1 Å². The van der Waals surface area contributed by atoms with Crippen molar-refractivity contribution in [2.75, 3.05) is 36.0 Å². The number of alkyl halides is 3. The molecule has 2 aliphatic heterocycles. The Balaban J connectivity index is 1.45. The highest BCUT2D eigenvalue weighted by molar-refractivity contribution is 6.30. The maximum atomic E-state index is 13.3. The molecule has 1 amide bonds. The van der Waals surface area contributed by atoms with Gasteiger partial charge in [-0.15, -0.1) is 0 Å². The smallest absolute Gasteiger partial charge is 0.368 e. The van der Waals surface area contributed by atoms with E-state index in [9.17, 15) is 18.0 Å². The van der Waals surface area contributed by atoms with E-state index < -0.39 is 17.7 Å².